The molecule has 2 aliphatic heterocycles. The van der Waals surface area contributed by atoms with Gasteiger partial charge in [-0.3, -0.25) is 9.97 Å². The molecule has 0 aliphatic carbocycles. The van der Waals surface area contributed by atoms with Gasteiger partial charge < -0.3 is 30.0 Å². The van der Waals surface area contributed by atoms with Crippen LogP contribution in [0.15, 0.2) is 130 Å². The number of allylic oxidation sites excluding steroid dienone is 4. The molecule has 4 heterocycles. The number of pyridine rings is 2. The Bertz CT molecular complexity index is 1930. The molecule has 3 N–H and O–H groups in total. The normalized spacial score (nSPS) is 17.2. The minimum absolute atomic E-state index is 0.0969. The van der Waals surface area contributed by atoms with Gasteiger partial charge in [-0.1, -0.05) is 48.5 Å². The van der Waals surface area contributed by atoms with E-state index in [0.717, 1.165) is 5.56 Å². The van der Waals surface area contributed by atoms with Gasteiger partial charge in [-0.15, -0.1) is 0 Å². The van der Waals surface area contributed by atoms with E-state index in [1.54, 1.807) is 76.5 Å². The topological polar surface area (TPSA) is 166 Å². The van der Waals surface area contributed by atoms with Gasteiger partial charge in [0.05, 0.1) is 59.7 Å². The molecule has 0 saturated heterocycles. The molecule has 12 heteroatoms. The van der Waals surface area contributed by atoms with Gasteiger partial charge >= 0.3 is 23.9 Å². The van der Waals surface area contributed by atoms with Crippen molar-refractivity contribution < 1.29 is 38.5 Å². The van der Waals surface area contributed by atoms with Gasteiger partial charge in [0.25, 0.3) is 0 Å². The van der Waals surface area contributed by atoms with Gasteiger partial charge in [-0.05, 0) is 63.6 Å². The monoisotopic (exact) mass is 692 g/mol. The molecular weight excluding hydrogens is 652 g/mol. The summed E-state index contributed by atoms with van der Waals surface area (Å²) < 4.78 is 15.3. The fourth-order valence-electron chi connectivity index (χ4n) is 5.94. The number of dihydropyridines is 2. The van der Waals surface area contributed by atoms with E-state index in [4.69, 9.17) is 14.2 Å². The van der Waals surface area contributed by atoms with Gasteiger partial charge in [0, 0.05) is 35.2 Å². The Morgan fingerprint density at radius 2 is 1.08 bits per heavy atom. The number of nitrogens with one attached hydrogen (secondary N) is 2. The Labute approximate surface area is 296 Å². The lowest BCUT2D eigenvalue weighted by molar-refractivity contribution is -0.139. The first-order valence-electron chi connectivity index (χ1n) is 16.0. The average Bonchev–Trinajstić information content (AvgIpc) is 3.13. The van der Waals surface area contributed by atoms with Crippen LogP contribution in [0.3, 0.4) is 0 Å². The van der Waals surface area contributed by atoms with Gasteiger partial charge in [0.2, 0.25) is 0 Å². The number of methoxy groups -OCH3 is 2. The third kappa shape index (κ3) is 8.84. The summed E-state index contributed by atoms with van der Waals surface area (Å²) in [4.78, 5) is 57.8. The minimum Gasteiger partial charge on any atom is -0.478 e. The molecule has 2 aliphatic rings. The van der Waals surface area contributed by atoms with Crippen molar-refractivity contribution in [2.75, 3.05) is 20.8 Å². The molecule has 2 unspecified atom stereocenters. The lowest BCUT2D eigenvalue weighted by atomic mass is 9.83. The van der Waals surface area contributed by atoms with Crippen molar-refractivity contribution in [1.82, 2.24) is 20.6 Å². The largest absolute Gasteiger partial charge is 0.478 e. The number of carbonyl (C=O) groups excluding carboxylic acids is 3. The smallest absolute Gasteiger partial charge is 0.337 e. The number of rotatable bonds is 9. The second-order valence-electron chi connectivity index (χ2n) is 11.5. The standard InChI is InChI=1S/C24H24N2O4.C15H16N2O4/c1-16-20(23(27)29-3)22(19-13-7-8-14-25-19)21(17(2)26-16)24(28)30-15-9-12-18-10-5-4-6-11-18;1-8-11(14(18)19)13(10-6-4-5-7-16-10)12(9(2)17-8)15(20)21-3/h4-14,22,26H,15H2,1-3H3;4-7,13,17H,1-3H3,(H,18,19). The molecule has 0 spiro atoms. The Balaban J connectivity index is 0.000000244. The van der Waals surface area contributed by atoms with Crippen molar-refractivity contribution in [3.05, 3.63) is 147 Å². The van der Waals surface area contributed by atoms with Crippen molar-refractivity contribution in [2.24, 2.45) is 0 Å². The molecule has 12 nitrogen and oxygen atoms in total. The van der Waals surface area contributed by atoms with Crippen LogP contribution in [0.1, 0.15) is 56.5 Å². The second kappa shape index (κ2) is 17.4. The predicted octanol–water partition coefficient (Wildman–Crippen LogP) is 5.32. The highest BCUT2D eigenvalue weighted by molar-refractivity contribution is 6.00. The van der Waals surface area contributed by atoms with Crippen LogP contribution in [0, 0.1) is 0 Å². The first-order valence-corrected chi connectivity index (χ1v) is 16.0. The predicted molar refractivity (Wildman–Crippen MR) is 189 cm³/mol. The highest BCUT2D eigenvalue weighted by Crippen LogP contribution is 2.39. The molecule has 0 bridgehead atoms. The summed E-state index contributed by atoms with van der Waals surface area (Å²) in [6, 6.07) is 20.3. The van der Waals surface area contributed by atoms with E-state index >= 15 is 0 Å². The SMILES string of the molecule is COC(=O)C1=C(C)NC(C)=C(C(=O)O)C1c1ccccn1.COC(=O)C1=C(C)NC(C)=C(C(=O)OCC=Cc2ccccc2)C1c1ccccn1. The maximum Gasteiger partial charge on any atom is 0.337 e. The zero-order valence-corrected chi connectivity index (χ0v) is 29.2. The number of carboxylic acids is 1. The first kappa shape index (κ1) is 37.5. The average molecular weight is 693 g/mol. The fourth-order valence-corrected chi connectivity index (χ4v) is 5.94. The number of ether oxygens (including phenoxy) is 3. The lowest BCUT2D eigenvalue weighted by Gasteiger charge is -2.29. The Morgan fingerprint density at radius 3 is 1.51 bits per heavy atom. The molecule has 2 atom stereocenters. The zero-order chi connectivity index (χ0) is 37.1. The molecule has 0 amide bonds. The number of benzene rings is 1. The number of esters is 3. The van der Waals surface area contributed by atoms with E-state index in [9.17, 15) is 24.3 Å². The summed E-state index contributed by atoms with van der Waals surface area (Å²) in [5.74, 6) is -4.12. The van der Waals surface area contributed by atoms with Crippen molar-refractivity contribution in [3.63, 3.8) is 0 Å². The van der Waals surface area contributed by atoms with Crippen LogP contribution in [0.25, 0.3) is 6.08 Å². The van der Waals surface area contributed by atoms with E-state index in [2.05, 4.69) is 20.6 Å². The van der Waals surface area contributed by atoms with Crippen LogP contribution in [-0.2, 0) is 33.4 Å². The molecule has 0 saturated carbocycles. The van der Waals surface area contributed by atoms with E-state index in [0.29, 0.717) is 45.3 Å². The lowest BCUT2D eigenvalue weighted by Crippen LogP contribution is -2.32. The highest BCUT2D eigenvalue weighted by atomic mass is 16.5. The van der Waals surface area contributed by atoms with Gasteiger partial charge in [-0.2, -0.15) is 0 Å². The number of carbonyl (C=O) groups is 4. The van der Waals surface area contributed by atoms with E-state index in [-0.39, 0.29) is 17.8 Å². The third-order valence-electron chi connectivity index (χ3n) is 8.17. The van der Waals surface area contributed by atoms with Crippen LogP contribution in [0.2, 0.25) is 0 Å². The summed E-state index contributed by atoms with van der Waals surface area (Å²) >= 11 is 0. The van der Waals surface area contributed by atoms with Gasteiger partial charge in [0.15, 0.2) is 0 Å². The minimum atomic E-state index is -1.09. The van der Waals surface area contributed by atoms with Gasteiger partial charge in [-0.25, -0.2) is 19.2 Å². The number of aromatic nitrogens is 2. The highest BCUT2D eigenvalue weighted by Gasteiger charge is 2.39. The summed E-state index contributed by atoms with van der Waals surface area (Å²) in [5.41, 5.74) is 5.42. The Kier molecular flexibility index (Phi) is 12.8. The van der Waals surface area contributed by atoms with Crippen molar-refractivity contribution in [1.29, 1.82) is 0 Å². The quantitative estimate of drug-likeness (QED) is 0.196. The Morgan fingerprint density at radius 1 is 0.647 bits per heavy atom. The van der Waals surface area contributed by atoms with Crippen LogP contribution in [-0.4, -0.2) is 59.8 Å². The fraction of sp³-hybridized carbons (Fsp3) is 0.231. The molecule has 0 fully saturated rings. The van der Waals surface area contributed by atoms with E-state index in [1.807, 2.05) is 42.5 Å². The molecule has 51 heavy (non-hydrogen) atoms. The van der Waals surface area contributed by atoms with Crippen molar-refractivity contribution in [3.8, 4) is 0 Å². The number of carboxylic acid groups (broad SMARTS) is 1. The van der Waals surface area contributed by atoms with Crippen LogP contribution < -0.4 is 10.6 Å². The molecule has 3 aromatic rings. The first-order chi connectivity index (χ1) is 24.5. The summed E-state index contributed by atoms with van der Waals surface area (Å²) in [6.45, 7) is 7.04. The van der Waals surface area contributed by atoms with Crippen molar-refractivity contribution >= 4 is 30.0 Å². The second-order valence-corrected chi connectivity index (χ2v) is 11.5. The summed E-state index contributed by atoms with van der Waals surface area (Å²) in [5, 5.41) is 15.5. The number of aliphatic carboxylic acids is 1. The van der Waals surface area contributed by atoms with E-state index < -0.39 is 35.7 Å². The summed E-state index contributed by atoms with van der Waals surface area (Å²) in [7, 11) is 2.58. The molecule has 2 aromatic heterocycles. The van der Waals surface area contributed by atoms with Crippen LogP contribution >= 0.6 is 0 Å². The number of hydrogen-bond donors (Lipinski definition) is 3. The maximum atomic E-state index is 13.0. The maximum absolute atomic E-state index is 13.0. The van der Waals surface area contributed by atoms with E-state index in [1.165, 1.54) is 14.2 Å². The molecular formula is C39H40N4O8. The van der Waals surface area contributed by atoms with Crippen LogP contribution in [0.4, 0.5) is 0 Å². The van der Waals surface area contributed by atoms with Gasteiger partial charge in [0.1, 0.15) is 6.61 Å². The number of nitrogens with zero attached hydrogens (tertiary/aromatic N) is 2. The zero-order valence-electron chi connectivity index (χ0n) is 29.2. The van der Waals surface area contributed by atoms with Crippen LogP contribution in [0.5, 0.6) is 0 Å². The molecule has 1 aromatic carbocycles. The Hall–Kier alpha value is -6.30. The number of hydrogen-bond acceptors (Lipinski definition) is 11. The summed E-state index contributed by atoms with van der Waals surface area (Å²) in [6.07, 6.45) is 6.85. The molecule has 0 radical (unpaired) electrons. The molecule has 264 valence electrons. The molecule has 5 rings (SSSR count). The third-order valence-corrected chi connectivity index (χ3v) is 8.17. The van der Waals surface area contributed by atoms with Crippen molar-refractivity contribution in [2.45, 2.75) is 39.5 Å².